The van der Waals surface area contributed by atoms with E-state index in [4.69, 9.17) is 40.0 Å². The molecule has 2 aromatic rings. The second-order valence-electron chi connectivity index (χ2n) is 8.71. The highest BCUT2D eigenvalue weighted by Gasteiger charge is 2.53. The quantitative estimate of drug-likeness (QED) is 0.321. The number of alkyl carbamates (subject to hydrolysis) is 1. The topological polar surface area (TPSA) is 122 Å². The normalized spacial score (nSPS) is 23.4. The first-order valence-electron chi connectivity index (χ1n) is 11.5. The molecular weight excluding hydrogens is 494 g/mol. The second kappa shape index (κ2) is 9.85. The van der Waals surface area contributed by atoms with Gasteiger partial charge in [0.05, 0.1) is 39.4 Å². The highest BCUT2D eigenvalue weighted by molar-refractivity contribution is 6.17. The van der Waals surface area contributed by atoms with E-state index in [-0.39, 0.29) is 49.1 Å². The molecule has 0 radical (unpaired) electrons. The third-order valence-corrected chi connectivity index (χ3v) is 7.10. The van der Waals surface area contributed by atoms with E-state index in [1.807, 2.05) is 12.1 Å². The largest absolute Gasteiger partial charge is 0.502 e. The van der Waals surface area contributed by atoms with Crippen molar-refractivity contribution in [3.05, 3.63) is 41.0 Å². The standard InChI is InChI=1S/C25H26ClNO9/c1-31-18-6-12(7-19(32-2)23(18)28)20-13-8-16-17(36-11-35-16)9-14(13)22(15-10-34-24(29)21(15)20)27-25(30)33-5-3-4-26/h6-9,15,20-22,28H,3-5,10-11H2,1-2H3,(H,27,30)/t15-,20+,21-,22+/m0/s1. The summed E-state index contributed by atoms with van der Waals surface area (Å²) in [5.41, 5.74) is 2.18. The van der Waals surface area contributed by atoms with Crippen LogP contribution >= 0.6 is 11.6 Å². The number of carbonyl (C=O) groups is 2. The third kappa shape index (κ3) is 4.09. The molecule has 1 amide bonds. The minimum Gasteiger partial charge on any atom is -0.502 e. The van der Waals surface area contributed by atoms with Crippen LogP contribution in [-0.2, 0) is 14.3 Å². The summed E-state index contributed by atoms with van der Waals surface area (Å²) in [6, 6.07) is 6.42. The molecule has 4 atom stereocenters. The lowest BCUT2D eigenvalue weighted by Gasteiger charge is -2.39. The summed E-state index contributed by atoms with van der Waals surface area (Å²) in [6.45, 7) is 0.360. The van der Waals surface area contributed by atoms with Gasteiger partial charge in [-0.1, -0.05) is 0 Å². The van der Waals surface area contributed by atoms with Crippen molar-refractivity contribution in [2.24, 2.45) is 11.8 Å². The highest BCUT2D eigenvalue weighted by Crippen LogP contribution is 2.55. The van der Waals surface area contributed by atoms with Crippen LogP contribution in [0.2, 0.25) is 0 Å². The summed E-state index contributed by atoms with van der Waals surface area (Å²) < 4.78 is 32.7. The van der Waals surface area contributed by atoms with Crippen LogP contribution in [0.3, 0.4) is 0 Å². The third-order valence-electron chi connectivity index (χ3n) is 6.83. The van der Waals surface area contributed by atoms with Crippen molar-refractivity contribution >= 4 is 23.7 Å². The molecule has 0 unspecified atom stereocenters. The Balaban J connectivity index is 1.64. The first-order valence-corrected chi connectivity index (χ1v) is 12.0. The molecular formula is C25H26ClNO9. The van der Waals surface area contributed by atoms with Gasteiger partial charge in [-0.05, 0) is 47.4 Å². The number of aromatic hydroxyl groups is 1. The maximum Gasteiger partial charge on any atom is 0.407 e. The molecule has 0 aromatic heterocycles. The van der Waals surface area contributed by atoms with Gasteiger partial charge in [0.2, 0.25) is 12.5 Å². The van der Waals surface area contributed by atoms with Crippen LogP contribution in [0.5, 0.6) is 28.7 Å². The van der Waals surface area contributed by atoms with Crippen LogP contribution in [0, 0.1) is 11.8 Å². The average Bonchev–Trinajstić information content (AvgIpc) is 3.49. The van der Waals surface area contributed by atoms with Crippen LogP contribution in [0.4, 0.5) is 4.79 Å². The number of ether oxygens (including phenoxy) is 6. The molecule has 11 heteroatoms. The Morgan fingerprint density at radius 1 is 1.08 bits per heavy atom. The molecule has 192 valence electrons. The Hall–Kier alpha value is -3.53. The number of benzene rings is 2. The van der Waals surface area contributed by atoms with Crippen molar-refractivity contribution in [1.82, 2.24) is 5.32 Å². The number of methoxy groups -OCH3 is 2. The van der Waals surface area contributed by atoms with E-state index in [9.17, 15) is 14.7 Å². The predicted octanol–water partition coefficient (Wildman–Crippen LogP) is 3.47. The lowest BCUT2D eigenvalue weighted by Crippen LogP contribution is -2.43. The summed E-state index contributed by atoms with van der Waals surface area (Å²) >= 11 is 5.69. The molecule has 0 bridgehead atoms. The molecule has 10 nitrogen and oxygen atoms in total. The monoisotopic (exact) mass is 519 g/mol. The van der Waals surface area contributed by atoms with Gasteiger partial charge in [0, 0.05) is 17.7 Å². The lowest BCUT2D eigenvalue weighted by atomic mass is 9.65. The van der Waals surface area contributed by atoms with Gasteiger partial charge in [-0.2, -0.15) is 0 Å². The molecule has 2 aliphatic heterocycles. The van der Waals surface area contributed by atoms with Crippen LogP contribution in [0.25, 0.3) is 0 Å². The van der Waals surface area contributed by atoms with Crippen LogP contribution < -0.4 is 24.3 Å². The first kappa shape index (κ1) is 24.2. The van der Waals surface area contributed by atoms with Crippen molar-refractivity contribution in [3.8, 4) is 28.7 Å². The number of hydrogen-bond acceptors (Lipinski definition) is 9. The SMILES string of the molecule is COc1cc([C@@H]2c3cc4c(cc3[C@@H](NC(=O)OCCCCl)[C@H]3COC(=O)[C@H]23)OCO4)cc(OC)c1O. The average molecular weight is 520 g/mol. The van der Waals surface area contributed by atoms with Gasteiger partial charge >= 0.3 is 12.1 Å². The Labute approximate surface area is 212 Å². The zero-order valence-electron chi connectivity index (χ0n) is 19.7. The van der Waals surface area contributed by atoms with E-state index in [1.165, 1.54) is 14.2 Å². The second-order valence-corrected chi connectivity index (χ2v) is 9.08. The number of esters is 1. The van der Waals surface area contributed by atoms with E-state index < -0.39 is 24.0 Å². The maximum absolute atomic E-state index is 13.1. The van der Waals surface area contributed by atoms with Gasteiger partial charge in [-0.3, -0.25) is 4.79 Å². The molecule has 2 N–H and O–H groups in total. The number of rotatable bonds is 7. The predicted molar refractivity (Wildman–Crippen MR) is 126 cm³/mol. The van der Waals surface area contributed by atoms with E-state index in [1.54, 1.807) is 12.1 Å². The number of fused-ring (bicyclic) bond motifs is 3. The molecule has 0 spiro atoms. The van der Waals surface area contributed by atoms with Gasteiger partial charge in [0.15, 0.2) is 23.0 Å². The van der Waals surface area contributed by atoms with Gasteiger partial charge < -0.3 is 38.8 Å². The molecule has 1 aliphatic carbocycles. The maximum atomic E-state index is 13.1. The number of nitrogens with one attached hydrogen (secondary N) is 1. The van der Waals surface area contributed by atoms with Crippen molar-refractivity contribution in [1.29, 1.82) is 0 Å². The number of cyclic esters (lactones) is 1. The Bertz CT molecular complexity index is 1160. The van der Waals surface area contributed by atoms with E-state index in [0.29, 0.717) is 29.4 Å². The number of carbonyl (C=O) groups excluding carboxylic acids is 2. The molecule has 3 aliphatic rings. The molecule has 5 rings (SSSR count). The number of halogens is 1. The summed E-state index contributed by atoms with van der Waals surface area (Å²) in [5, 5.41) is 13.4. The molecule has 1 saturated heterocycles. The Kier molecular flexibility index (Phi) is 6.61. The summed E-state index contributed by atoms with van der Waals surface area (Å²) in [6.07, 6.45) is -0.0898. The molecule has 0 saturated carbocycles. The van der Waals surface area contributed by atoms with Crippen LogP contribution in [0.15, 0.2) is 24.3 Å². The van der Waals surface area contributed by atoms with Crippen LogP contribution in [0.1, 0.15) is 35.1 Å². The molecule has 2 heterocycles. The van der Waals surface area contributed by atoms with Crippen molar-refractivity contribution in [2.45, 2.75) is 18.4 Å². The summed E-state index contributed by atoms with van der Waals surface area (Å²) in [4.78, 5) is 25.7. The number of hydrogen-bond donors (Lipinski definition) is 2. The van der Waals surface area contributed by atoms with Gasteiger partial charge in [0.25, 0.3) is 0 Å². The van der Waals surface area contributed by atoms with Gasteiger partial charge in [-0.25, -0.2) is 4.79 Å². The fraction of sp³-hybridized carbons (Fsp3) is 0.440. The zero-order chi connectivity index (χ0) is 25.4. The number of alkyl halides is 1. The number of phenols is 1. The van der Waals surface area contributed by atoms with E-state index >= 15 is 0 Å². The number of amides is 1. The van der Waals surface area contributed by atoms with Crippen molar-refractivity contribution < 1.29 is 43.1 Å². The minimum absolute atomic E-state index is 0.0667. The van der Waals surface area contributed by atoms with Crippen molar-refractivity contribution in [3.63, 3.8) is 0 Å². The Morgan fingerprint density at radius 2 is 1.75 bits per heavy atom. The minimum atomic E-state index is -0.634. The van der Waals surface area contributed by atoms with Gasteiger partial charge in [0.1, 0.15) is 0 Å². The highest BCUT2D eigenvalue weighted by atomic mass is 35.5. The van der Waals surface area contributed by atoms with E-state index in [0.717, 1.165) is 11.1 Å². The smallest absolute Gasteiger partial charge is 0.407 e. The Morgan fingerprint density at radius 3 is 2.39 bits per heavy atom. The van der Waals surface area contributed by atoms with Crippen LogP contribution in [-0.4, -0.2) is 57.3 Å². The summed E-state index contributed by atoms with van der Waals surface area (Å²) in [5.74, 6) is -0.191. The summed E-state index contributed by atoms with van der Waals surface area (Å²) in [7, 11) is 2.88. The van der Waals surface area contributed by atoms with Gasteiger partial charge in [-0.15, -0.1) is 11.6 Å². The molecule has 2 aromatic carbocycles. The first-order chi connectivity index (χ1) is 17.5. The molecule has 1 fully saturated rings. The number of phenolic OH excluding ortho intramolecular Hbond substituents is 1. The fourth-order valence-electron chi connectivity index (χ4n) is 5.23. The fourth-order valence-corrected chi connectivity index (χ4v) is 5.34. The van der Waals surface area contributed by atoms with Crippen molar-refractivity contribution in [2.75, 3.05) is 40.1 Å². The zero-order valence-corrected chi connectivity index (χ0v) is 20.5. The molecule has 36 heavy (non-hydrogen) atoms. The van der Waals surface area contributed by atoms with E-state index in [2.05, 4.69) is 5.32 Å². The lowest BCUT2D eigenvalue weighted by molar-refractivity contribution is -0.141.